The monoisotopic (exact) mass is 299 g/mol. The summed E-state index contributed by atoms with van der Waals surface area (Å²) in [5, 5.41) is 8.82. The van der Waals surface area contributed by atoms with Crippen molar-refractivity contribution in [3.63, 3.8) is 0 Å². The number of benzene rings is 1. The molecule has 21 heavy (non-hydrogen) atoms. The molecule has 0 unspecified atom stereocenters. The molecular weight excluding hydrogens is 284 g/mol. The van der Waals surface area contributed by atoms with Crippen molar-refractivity contribution in [3.8, 4) is 0 Å². The number of hydrogen-bond donors (Lipinski definition) is 1. The summed E-state index contributed by atoms with van der Waals surface area (Å²) < 4.78 is 39.4. The van der Waals surface area contributed by atoms with E-state index in [1.807, 2.05) is 0 Å². The number of halogens is 2. The molecule has 0 aliphatic carbocycles. The highest BCUT2D eigenvalue weighted by Gasteiger charge is 2.41. The highest BCUT2D eigenvalue weighted by Crippen LogP contribution is 2.35. The Hall–Kier alpha value is -1.73. The Balaban J connectivity index is 1.91. The Morgan fingerprint density at radius 3 is 2.43 bits per heavy atom. The van der Waals surface area contributed by atoms with Crippen molar-refractivity contribution in [2.75, 3.05) is 31.2 Å². The molecule has 1 aromatic rings. The van der Waals surface area contributed by atoms with Crippen LogP contribution in [-0.2, 0) is 9.47 Å². The second-order valence-corrected chi connectivity index (χ2v) is 5.23. The molecule has 114 valence electrons. The molecule has 0 radical (unpaired) electrons. The molecule has 5 nitrogen and oxygen atoms in total. The summed E-state index contributed by atoms with van der Waals surface area (Å²) >= 11 is 0. The van der Waals surface area contributed by atoms with Gasteiger partial charge in [-0.25, -0.2) is 13.6 Å². The average molecular weight is 299 g/mol. The number of carboxylic acids is 1. The topological polar surface area (TPSA) is 59.0 Å². The van der Waals surface area contributed by atoms with Crippen LogP contribution in [0.4, 0.5) is 14.5 Å². The fraction of sp³-hybridized carbons (Fsp3) is 0.500. The van der Waals surface area contributed by atoms with Gasteiger partial charge in [-0.3, -0.25) is 0 Å². The lowest BCUT2D eigenvalue weighted by Crippen LogP contribution is -2.49. The third kappa shape index (κ3) is 2.58. The first-order valence-electron chi connectivity index (χ1n) is 6.76. The van der Waals surface area contributed by atoms with Crippen molar-refractivity contribution in [1.82, 2.24) is 0 Å². The first kappa shape index (κ1) is 14.2. The van der Waals surface area contributed by atoms with Gasteiger partial charge < -0.3 is 19.5 Å². The van der Waals surface area contributed by atoms with Crippen LogP contribution in [0.2, 0.25) is 0 Å². The lowest BCUT2D eigenvalue weighted by molar-refractivity contribution is -0.161. The van der Waals surface area contributed by atoms with Gasteiger partial charge in [-0.2, -0.15) is 0 Å². The number of hydrogen-bond acceptors (Lipinski definition) is 4. The smallest absolute Gasteiger partial charge is 0.335 e. The van der Waals surface area contributed by atoms with E-state index in [1.54, 1.807) is 0 Å². The van der Waals surface area contributed by atoms with Gasteiger partial charge in [0.2, 0.25) is 0 Å². The third-order valence-electron chi connectivity index (χ3n) is 3.81. The van der Waals surface area contributed by atoms with Gasteiger partial charge in [-0.05, 0) is 18.6 Å². The van der Waals surface area contributed by atoms with Crippen LogP contribution in [0.3, 0.4) is 0 Å². The summed E-state index contributed by atoms with van der Waals surface area (Å²) in [6, 6.07) is 1.66. The van der Waals surface area contributed by atoms with Gasteiger partial charge in [-0.1, -0.05) is 0 Å². The van der Waals surface area contributed by atoms with E-state index in [0.717, 1.165) is 12.1 Å². The Morgan fingerprint density at radius 1 is 1.24 bits per heavy atom. The molecule has 2 aliphatic heterocycles. The van der Waals surface area contributed by atoms with Crippen LogP contribution in [0.5, 0.6) is 0 Å². The van der Waals surface area contributed by atoms with Crippen molar-refractivity contribution < 1.29 is 28.2 Å². The van der Waals surface area contributed by atoms with E-state index in [4.69, 9.17) is 14.6 Å². The number of piperidine rings is 1. The molecule has 1 aromatic carbocycles. The molecule has 0 saturated carbocycles. The molecule has 0 bridgehead atoms. The SMILES string of the molecule is O=C(O)c1cc(F)c(N2CCCC3(C2)OCCO3)c(F)c1. The fourth-order valence-electron chi connectivity index (χ4n) is 2.90. The van der Waals surface area contributed by atoms with E-state index in [1.165, 1.54) is 4.90 Å². The number of carboxylic acid groups (broad SMARTS) is 1. The zero-order chi connectivity index (χ0) is 15.0. The van der Waals surface area contributed by atoms with Gasteiger partial charge in [0.05, 0.1) is 25.3 Å². The second-order valence-electron chi connectivity index (χ2n) is 5.23. The van der Waals surface area contributed by atoms with Crippen LogP contribution < -0.4 is 4.90 Å². The first-order chi connectivity index (χ1) is 10.0. The fourth-order valence-corrected chi connectivity index (χ4v) is 2.90. The summed E-state index contributed by atoms with van der Waals surface area (Å²) in [7, 11) is 0. The number of rotatable bonds is 2. The van der Waals surface area contributed by atoms with Gasteiger partial charge in [0.1, 0.15) is 17.3 Å². The Morgan fingerprint density at radius 2 is 1.86 bits per heavy atom. The molecule has 0 aromatic heterocycles. The minimum atomic E-state index is -1.36. The van der Waals surface area contributed by atoms with Crippen molar-refractivity contribution in [1.29, 1.82) is 0 Å². The molecule has 0 atom stereocenters. The van der Waals surface area contributed by atoms with Crippen LogP contribution >= 0.6 is 0 Å². The summed E-state index contributed by atoms with van der Waals surface area (Å²) in [5.41, 5.74) is -0.632. The normalized spacial score (nSPS) is 21.0. The van der Waals surface area contributed by atoms with Crippen LogP contribution in [0.15, 0.2) is 12.1 Å². The van der Waals surface area contributed by atoms with Gasteiger partial charge in [0.25, 0.3) is 0 Å². The highest BCUT2D eigenvalue weighted by molar-refractivity contribution is 5.88. The minimum Gasteiger partial charge on any atom is -0.478 e. The maximum absolute atomic E-state index is 14.1. The summed E-state index contributed by atoms with van der Waals surface area (Å²) in [6.45, 7) is 1.63. The van der Waals surface area contributed by atoms with Gasteiger partial charge in [-0.15, -0.1) is 0 Å². The van der Waals surface area contributed by atoms with E-state index in [9.17, 15) is 13.6 Å². The van der Waals surface area contributed by atoms with E-state index >= 15 is 0 Å². The minimum absolute atomic E-state index is 0.224. The molecule has 2 fully saturated rings. The van der Waals surface area contributed by atoms with Crippen molar-refractivity contribution in [2.24, 2.45) is 0 Å². The first-order valence-corrected chi connectivity index (χ1v) is 6.76. The molecular formula is C14H15F2NO4. The highest BCUT2D eigenvalue weighted by atomic mass is 19.1. The van der Waals surface area contributed by atoms with Crippen LogP contribution in [0, 0.1) is 11.6 Å². The lowest BCUT2D eigenvalue weighted by atomic mass is 10.0. The molecule has 2 saturated heterocycles. The maximum atomic E-state index is 14.1. The average Bonchev–Trinajstić information content (AvgIpc) is 2.86. The quantitative estimate of drug-likeness (QED) is 0.905. The molecule has 1 N–H and O–H groups in total. The molecule has 3 rings (SSSR count). The summed E-state index contributed by atoms with van der Waals surface area (Å²) in [6.07, 6.45) is 1.36. The van der Waals surface area contributed by atoms with Crippen LogP contribution in [0.25, 0.3) is 0 Å². The number of aromatic carboxylic acids is 1. The molecule has 1 spiro atoms. The largest absolute Gasteiger partial charge is 0.478 e. The molecule has 2 aliphatic rings. The zero-order valence-corrected chi connectivity index (χ0v) is 11.3. The van der Waals surface area contributed by atoms with E-state index < -0.39 is 29.0 Å². The van der Waals surface area contributed by atoms with Crippen LogP contribution in [-0.4, -0.2) is 43.2 Å². The summed E-state index contributed by atoms with van der Waals surface area (Å²) in [5.74, 6) is -3.94. The molecule has 0 amide bonds. The van der Waals surface area contributed by atoms with Crippen molar-refractivity contribution in [3.05, 3.63) is 29.3 Å². The molecule has 7 heteroatoms. The van der Waals surface area contributed by atoms with Crippen molar-refractivity contribution >= 4 is 11.7 Å². The standard InChI is InChI=1S/C14H15F2NO4/c15-10-6-9(13(18)19)7-11(16)12(10)17-3-1-2-14(8-17)20-4-5-21-14/h6-7H,1-5,8H2,(H,18,19). The summed E-state index contributed by atoms with van der Waals surface area (Å²) in [4.78, 5) is 12.3. The van der Waals surface area contributed by atoms with E-state index in [2.05, 4.69) is 0 Å². The zero-order valence-electron chi connectivity index (χ0n) is 11.3. The number of anilines is 1. The number of nitrogens with zero attached hydrogens (tertiary/aromatic N) is 1. The third-order valence-corrected chi connectivity index (χ3v) is 3.81. The second kappa shape index (κ2) is 5.23. The van der Waals surface area contributed by atoms with Gasteiger partial charge in [0, 0.05) is 13.0 Å². The Labute approximate surface area is 120 Å². The van der Waals surface area contributed by atoms with Gasteiger partial charge >= 0.3 is 5.97 Å². The van der Waals surface area contributed by atoms with Gasteiger partial charge in [0.15, 0.2) is 5.79 Å². The number of ether oxygens (including phenoxy) is 2. The maximum Gasteiger partial charge on any atom is 0.335 e. The number of carbonyl (C=O) groups is 1. The van der Waals surface area contributed by atoms with Crippen molar-refractivity contribution in [2.45, 2.75) is 18.6 Å². The molecule has 2 heterocycles. The Kier molecular flexibility index (Phi) is 3.54. The van der Waals surface area contributed by atoms with Crippen LogP contribution in [0.1, 0.15) is 23.2 Å². The lowest BCUT2D eigenvalue weighted by Gasteiger charge is -2.39. The predicted octanol–water partition coefficient (Wildman–Crippen LogP) is 2.01. The predicted molar refractivity (Wildman–Crippen MR) is 69.4 cm³/mol. The Bertz CT molecular complexity index is 549. The van der Waals surface area contributed by atoms with E-state index in [0.29, 0.717) is 32.6 Å². The van der Waals surface area contributed by atoms with E-state index in [-0.39, 0.29) is 12.2 Å².